The van der Waals surface area contributed by atoms with Gasteiger partial charge in [0.25, 0.3) is 0 Å². The summed E-state index contributed by atoms with van der Waals surface area (Å²) in [6.45, 7) is 3.96. The Morgan fingerprint density at radius 1 is 1.29 bits per heavy atom. The van der Waals surface area contributed by atoms with Gasteiger partial charge in [-0.2, -0.15) is 0 Å². The van der Waals surface area contributed by atoms with Crippen LogP contribution in [0.4, 0.5) is 4.39 Å². The summed E-state index contributed by atoms with van der Waals surface area (Å²) >= 11 is 1.58. The van der Waals surface area contributed by atoms with Gasteiger partial charge in [0.1, 0.15) is 10.8 Å². The molecule has 0 radical (unpaired) electrons. The standard InChI is InChI=1S/C12H14FN3S/c1-2-5-14-7-10-8-16-12(17-10)11-4-3-9(13)6-15-11/h3-4,6,8,14H,2,5,7H2,1H3. The zero-order chi connectivity index (χ0) is 12.1. The number of hydrogen-bond donors (Lipinski definition) is 1. The number of aromatic nitrogens is 2. The van der Waals surface area contributed by atoms with Gasteiger partial charge in [-0.3, -0.25) is 4.98 Å². The second-order valence-corrected chi connectivity index (χ2v) is 4.79. The van der Waals surface area contributed by atoms with Gasteiger partial charge in [-0.05, 0) is 25.1 Å². The van der Waals surface area contributed by atoms with E-state index in [1.54, 1.807) is 17.4 Å². The molecule has 0 fully saturated rings. The molecule has 0 atom stereocenters. The van der Waals surface area contributed by atoms with Crippen molar-refractivity contribution in [2.24, 2.45) is 0 Å². The fourth-order valence-electron chi connectivity index (χ4n) is 1.40. The molecule has 2 heterocycles. The molecule has 2 rings (SSSR count). The molecule has 3 nitrogen and oxygen atoms in total. The minimum Gasteiger partial charge on any atom is -0.312 e. The fraction of sp³-hybridized carbons (Fsp3) is 0.333. The average Bonchev–Trinajstić information content (AvgIpc) is 2.79. The smallest absolute Gasteiger partial charge is 0.142 e. The Hall–Kier alpha value is -1.33. The average molecular weight is 251 g/mol. The third-order valence-electron chi connectivity index (χ3n) is 2.23. The van der Waals surface area contributed by atoms with Crippen molar-refractivity contribution in [2.75, 3.05) is 6.54 Å². The molecule has 0 aromatic carbocycles. The number of nitrogens with one attached hydrogen (secondary N) is 1. The van der Waals surface area contributed by atoms with Crippen LogP contribution in [0.2, 0.25) is 0 Å². The molecule has 0 saturated heterocycles. The van der Waals surface area contributed by atoms with Crippen molar-refractivity contribution in [3.8, 4) is 10.7 Å². The molecule has 0 aliphatic heterocycles. The van der Waals surface area contributed by atoms with Crippen molar-refractivity contribution in [3.05, 3.63) is 35.2 Å². The Morgan fingerprint density at radius 3 is 2.88 bits per heavy atom. The van der Waals surface area contributed by atoms with Crippen LogP contribution in [0.15, 0.2) is 24.5 Å². The highest BCUT2D eigenvalue weighted by Gasteiger charge is 2.05. The Morgan fingerprint density at radius 2 is 2.18 bits per heavy atom. The molecule has 0 amide bonds. The van der Waals surface area contributed by atoms with E-state index < -0.39 is 0 Å². The van der Waals surface area contributed by atoms with Gasteiger partial charge in [-0.15, -0.1) is 11.3 Å². The van der Waals surface area contributed by atoms with E-state index in [1.807, 2.05) is 6.20 Å². The number of hydrogen-bond acceptors (Lipinski definition) is 4. The van der Waals surface area contributed by atoms with E-state index >= 15 is 0 Å². The summed E-state index contributed by atoms with van der Waals surface area (Å²) in [5.74, 6) is -0.324. The van der Waals surface area contributed by atoms with Gasteiger partial charge in [0.2, 0.25) is 0 Å². The van der Waals surface area contributed by atoms with Crippen LogP contribution < -0.4 is 5.32 Å². The van der Waals surface area contributed by atoms with Gasteiger partial charge in [-0.1, -0.05) is 6.92 Å². The third kappa shape index (κ3) is 3.31. The second-order valence-electron chi connectivity index (χ2n) is 3.67. The Labute approximate surface area is 104 Å². The van der Waals surface area contributed by atoms with Crippen molar-refractivity contribution >= 4 is 11.3 Å². The molecule has 0 aliphatic carbocycles. The van der Waals surface area contributed by atoms with Gasteiger partial charge in [-0.25, -0.2) is 9.37 Å². The maximum atomic E-state index is 12.7. The number of pyridine rings is 1. The lowest BCUT2D eigenvalue weighted by atomic mass is 10.3. The van der Waals surface area contributed by atoms with E-state index in [9.17, 15) is 4.39 Å². The predicted molar refractivity (Wildman–Crippen MR) is 67.3 cm³/mol. The van der Waals surface area contributed by atoms with Gasteiger partial charge < -0.3 is 5.32 Å². The molecule has 0 spiro atoms. The summed E-state index contributed by atoms with van der Waals surface area (Å²) in [5, 5.41) is 4.15. The molecule has 0 bridgehead atoms. The molecular weight excluding hydrogens is 237 g/mol. The summed E-state index contributed by atoms with van der Waals surface area (Å²) < 4.78 is 12.7. The lowest BCUT2D eigenvalue weighted by molar-refractivity contribution is 0.622. The quantitative estimate of drug-likeness (QED) is 0.830. The van der Waals surface area contributed by atoms with Crippen molar-refractivity contribution < 1.29 is 4.39 Å². The summed E-state index contributed by atoms with van der Waals surface area (Å²) in [6.07, 6.45) is 4.17. The van der Waals surface area contributed by atoms with Crippen LogP contribution >= 0.6 is 11.3 Å². The first-order chi connectivity index (χ1) is 8.29. The zero-order valence-corrected chi connectivity index (χ0v) is 10.4. The highest BCUT2D eigenvalue weighted by Crippen LogP contribution is 2.23. The van der Waals surface area contributed by atoms with Crippen molar-refractivity contribution in [3.63, 3.8) is 0 Å². The third-order valence-corrected chi connectivity index (χ3v) is 3.25. The molecule has 2 aromatic rings. The number of rotatable bonds is 5. The molecule has 2 aromatic heterocycles. The van der Waals surface area contributed by atoms with Crippen LogP contribution in [0.1, 0.15) is 18.2 Å². The number of thiazole rings is 1. The van der Waals surface area contributed by atoms with Crippen LogP contribution in [0.5, 0.6) is 0 Å². The highest BCUT2D eigenvalue weighted by atomic mass is 32.1. The Bertz CT molecular complexity index is 467. The van der Waals surface area contributed by atoms with Crippen LogP contribution in [0.3, 0.4) is 0 Å². The maximum Gasteiger partial charge on any atom is 0.142 e. The molecule has 0 saturated carbocycles. The van der Waals surface area contributed by atoms with Gasteiger partial charge in [0.15, 0.2) is 0 Å². The lowest BCUT2D eigenvalue weighted by Crippen LogP contribution is -2.12. The van der Waals surface area contributed by atoms with E-state index in [-0.39, 0.29) is 5.82 Å². The lowest BCUT2D eigenvalue weighted by Gasteiger charge is -1.98. The zero-order valence-electron chi connectivity index (χ0n) is 9.61. The minimum atomic E-state index is -0.324. The van der Waals surface area contributed by atoms with Gasteiger partial charge in [0.05, 0.1) is 11.9 Å². The Kier molecular flexibility index (Phi) is 4.17. The number of nitrogens with zero attached hydrogens (tertiary/aromatic N) is 2. The minimum absolute atomic E-state index is 0.324. The molecule has 1 N–H and O–H groups in total. The second kappa shape index (κ2) is 5.84. The summed E-state index contributed by atoms with van der Waals surface area (Å²) in [4.78, 5) is 9.47. The van der Waals surface area contributed by atoms with E-state index in [1.165, 1.54) is 17.1 Å². The normalized spacial score (nSPS) is 10.7. The van der Waals surface area contributed by atoms with E-state index in [0.717, 1.165) is 30.2 Å². The fourth-order valence-corrected chi connectivity index (χ4v) is 2.26. The van der Waals surface area contributed by atoms with E-state index in [4.69, 9.17) is 0 Å². The summed E-state index contributed by atoms with van der Waals surface area (Å²) in [5.41, 5.74) is 0.721. The number of halogens is 1. The van der Waals surface area contributed by atoms with Crippen LogP contribution in [-0.4, -0.2) is 16.5 Å². The van der Waals surface area contributed by atoms with Crippen LogP contribution in [-0.2, 0) is 6.54 Å². The first-order valence-electron chi connectivity index (χ1n) is 5.57. The molecule has 17 heavy (non-hydrogen) atoms. The van der Waals surface area contributed by atoms with Crippen molar-refractivity contribution in [1.29, 1.82) is 0 Å². The topological polar surface area (TPSA) is 37.8 Å². The van der Waals surface area contributed by atoms with E-state index in [2.05, 4.69) is 22.2 Å². The predicted octanol–water partition coefficient (Wildman–Crippen LogP) is 2.84. The SMILES string of the molecule is CCCNCc1cnc(-c2ccc(F)cn2)s1. The van der Waals surface area contributed by atoms with Crippen LogP contribution in [0.25, 0.3) is 10.7 Å². The molecular formula is C12H14FN3S. The largest absolute Gasteiger partial charge is 0.312 e. The van der Waals surface area contributed by atoms with Gasteiger partial charge in [0, 0.05) is 17.6 Å². The Balaban J connectivity index is 2.04. The summed E-state index contributed by atoms with van der Waals surface area (Å²) in [7, 11) is 0. The van der Waals surface area contributed by atoms with E-state index in [0.29, 0.717) is 0 Å². The first kappa shape index (κ1) is 12.1. The van der Waals surface area contributed by atoms with Crippen molar-refractivity contribution in [1.82, 2.24) is 15.3 Å². The first-order valence-corrected chi connectivity index (χ1v) is 6.38. The molecule has 0 aliphatic rings. The van der Waals surface area contributed by atoms with Crippen LogP contribution in [0, 0.1) is 5.82 Å². The van der Waals surface area contributed by atoms with Gasteiger partial charge >= 0.3 is 0 Å². The summed E-state index contributed by atoms with van der Waals surface area (Å²) in [6, 6.07) is 3.05. The van der Waals surface area contributed by atoms with Crippen molar-refractivity contribution in [2.45, 2.75) is 19.9 Å². The monoisotopic (exact) mass is 251 g/mol. The maximum absolute atomic E-state index is 12.7. The molecule has 90 valence electrons. The highest BCUT2D eigenvalue weighted by molar-refractivity contribution is 7.14. The molecule has 5 heteroatoms. The molecule has 0 unspecified atom stereocenters.